The van der Waals surface area contributed by atoms with Crippen molar-refractivity contribution in [3.8, 4) is 12.3 Å². The molecule has 0 bridgehead atoms. The van der Waals surface area contributed by atoms with Crippen molar-refractivity contribution in [2.75, 3.05) is 0 Å². The third-order valence-electron chi connectivity index (χ3n) is 3.06. The van der Waals surface area contributed by atoms with Gasteiger partial charge in [-0.15, -0.1) is 17.8 Å². The standard InChI is InChI=1S/C17H13N3S/c1-3-13-7-6-9-14(19-13)12(2)18-11-17-20-15-8-4-5-10-16(15)21-17/h1,4-10H,11H2,2H3. The monoisotopic (exact) mass is 291 g/mol. The minimum atomic E-state index is 0.563. The molecule has 0 unspecified atom stereocenters. The van der Waals surface area contributed by atoms with Gasteiger partial charge in [0, 0.05) is 0 Å². The van der Waals surface area contributed by atoms with Crippen LogP contribution in [0.15, 0.2) is 47.5 Å². The summed E-state index contributed by atoms with van der Waals surface area (Å²) in [6, 6.07) is 13.7. The quantitative estimate of drug-likeness (QED) is 0.545. The van der Waals surface area contributed by atoms with Crippen molar-refractivity contribution in [1.82, 2.24) is 9.97 Å². The lowest BCUT2D eigenvalue weighted by Crippen LogP contribution is -2.00. The molecule has 0 saturated carbocycles. The van der Waals surface area contributed by atoms with Crippen LogP contribution in [0.4, 0.5) is 0 Å². The zero-order valence-corrected chi connectivity index (χ0v) is 12.4. The van der Waals surface area contributed by atoms with Crippen molar-refractivity contribution in [1.29, 1.82) is 0 Å². The van der Waals surface area contributed by atoms with Gasteiger partial charge in [0.15, 0.2) is 0 Å². The fourth-order valence-electron chi connectivity index (χ4n) is 1.97. The molecule has 0 aliphatic heterocycles. The van der Waals surface area contributed by atoms with Gasteiger partial charge in [0.1, 0.15) is 10.7 Å². The highest BCUT2D eigenvalue weighted by Gasteiger charge is 2.04. The van der Waals surface area contributed by atoms with Gasteiger partial charge in [-0.2, -0.15) is 0 Å². The molecule has 21 heavy (non-hydrogen) atoms. The molecule has 0 saturated heterocycles. The maximum absolute atomic E-state index is 5.37. The van der Waals surface area contributed by atoms with E-state index in [0.717, 1.165) is 21.9 Å². The van der Waals surface area contributed by atoms with E-state index in [0.29, 0.717) is 12.2 Å². The molecule has 3 rings (SSSR count). The average molecular weight is 291 g/mol. The van der Waals surface area contributed by atoms with Crippen LogP contribution in [0.5, 0.6) is 0 Å². The van der Waals surface area contributed by atoms with Crippen LogP contribution in [0, 0.1) is 12.3 Å². The minimum absolute atomic E-state index is 0.563. The molecule has 0 aliphatic carbocycles. The molecule has 0 aliphatic rings. The molecule has 0 atom stereocenters. The molecule has 0 spiro atoms. The molecule has 3 nitrogen and oxygen atoms in total. The lowest BCUT2D eigenvalue weighted by Gasteiger charge is -2.00. The smallest absolute Gasteiger partial charge is 0.115 e. The second-order valence-electron chi connectivity index (χ2n) is 4.53. The highest BCUT2D eigenvalue weighted by molar-refractivity contribution is 7.18. The van der Waals surface area contributed by atoms with Crippen LogP contribution in [0.1, 0.15) is 23.3 Å². The van der Waals surface area contributed by atoms with Crippen molar-refractivity contribution >= 4 is 27.3 Å². The number of aliphatic imine (C=N–C) groups is 1. The Hall–Kier alpha value is -2.51. The summed E-state index contributed by atoms with van der Waals surface area (Å²) in [7, 11) is 0. The van der Waals surface area contributed by atoms with Crippen molar-refractivity contribution in [2.24, 2.45) is 4.99 Å². The predicted octanol–water partition coefficient (Wildman–Crippen LogP) is 3.68. The van der Waals surface area contributed by atoms with E-state index in [-0.39, 0.29) is 0 Å². The van der Waals surface area contributed by atoms with Crippen LogP contribution in [0.2, 0.25) is 0 Å². The largest absolute Gasteiger partial charge is 0.281 e. The van der Waals surface area contributed by atoms with Crippen molar-refractivity contribution in [3.63, 3.8) is 0 Å². The summed E-state index contributed by atoms with van der Waals surface area (Å²) >= 11 is 1.67. The molecule has 2 aromatic heterocycles. The molecule has 0 N–H and O–H groups in total. The summed E-state index contributed by atoms with van der Waals surface area (Å²) in [5, 5.41) is 1.00. The Balaban J connectivity index is 1.82. The van der Waals surface area contributed by atoms with E-state index in [2.05, 4.69) is 26.9 Å². The molecular formula is C17H13N3S. The number of rotatable bonds is 3. The van der Waals surface area contributed by atoms with Gasteiger partial charge in [0.05, 0.1) is 28.2 Å². The second-order valence-corrected chi connectivity index (χ2v) is 5.64. The van der Waals surface area contributed by atoms with Gasteiger partial charge < -0.3 is 0 Å². The Labute approximate surface area is 127 Å². The van der Waals surface area contributed by atoms with Crippen LogP contribution in [0.25, 0.3) is 10.2 Å². The van der Waals surface area contributed by atoms with Gasteiger partial charge in [-0.25, -0.2) is 9.97 Å². The molecule has 0 fully saturated rings. The highest BCUT2D eigenvalue weighted by Crippen LogP contribution is 2.22. The van der Waals surface area contributed by atoms with E-state index in [9.17, 15) is 0 Å². The van der Waals surface area contributed by atoms with Gasteiger partial charge in [-0.05, 0) is 31.2 Å². The molecule has 0 radical (unpaired) electrons. The first-order valence-electron chi connectivity index (χ1n) is 6.56. The number of aromatic nitrogens is 2. The average Bonchev–Trinajstić information content (AvgIpc) is 2.95. The van der Waals surface area contributed by atoms with Crippen LogP contribution in [-0.4, -0.2) is 15.7 Å². The lowest BCUT2D eigenvalue weighted by atomic mass is 10.2. The number of hydrogen-bond acceptors (Lipinski definition) is 4. The number of nitrogens with zero attached hydrogens (tertiary/aromatic N) is 3. The summed E-state index contributed by atoms with van der Waals surface area (Å²) in [4.78, 5) is 13.5. The molecule has 3 aromatic rings. The lowest BCUT2D eigenvalue weighted by molar-refractivity contribution is 1.04. The summed E-state index contributed by atoms with van der Waals surface area (Å²) in [6.07, 6.45) is 5.37. The van der Waals surface area contributed by atoms with Gasteiger partial charge in [-0.3, -0.25) is 4.99 Å². The van der Waals surface area contributed by atoms with E-state index in [4.69, 9.17) is 6.42 Å². The number of terminal acetylenes is 1. The molecule has 1 aromatic carbocycles. The third kappa shape index (κ3) is 2.99. The van der Waals surface area contributed by atoms with E-state index < -0.39 is 0 Å². The van der Waals surface area contributed by atoms with Crippen molar-refractivity contribution in [3.05, 3.63) is 58.9 Å². The molecule has 2 heterocycles. The fraction of sp³-hybridized carbons (Fsp3) is 0.118. The van der Waals surface area contributed by atoms with E-state index in [1.807, 2.05) is 43.3 Å². The molecule has 4 heteroatoms. The SMILES string of the molecule is C#Cc1cccc(C(C)=NCc2nc3ccccc3s2)n1. The van der Waals surface area contributed by atoms with Gasteiger partial charge in [-0.1, -0.05) is 24.1 Å². The number of hydrogen-bond donors (Lipinski definition) is 0. The Morgan fingerprint density at radius 2 is 2.05 bits per heavy atom. The first-order valence-corrected chi connectivity index (χ1v) is 7.37. The molecule has 0 amide bonds. The zero-order chi connectivity index (χ0) is 14.7. The summed E-state index contributed by atoms with van der Waals surface area (Å²) in [5.74, 6) is 2.54. The number of pyridine rings is 1. The first kappa shape index (κ1) is 13.5. The Bertz CT molecular complexity index is 823. The van der Waals surface area contributed by atoms with Crippen LogP contribution >= 0.6 is 11.3 Å². The second kappa shape index (κ2) is 5.86. The zero-order valence-electron chi connectivity index (χ0n) is 11.6. The maximum Gasteiger partial charge on any atom is 0.115 e. The Morgan fingerprint density at radius 1 is 1.19 bits per heavy atom. The maximum atomic E-state index is 5.37. The van der Waals surface area contributed by atoms with Crippen molar-refractivity contribution in [2.45, 2.75) is 13.5 Å². The van der Waals surface area contributed by atoms with E-state index >= 15 is 0 Å². The third-order valence-corrected chi connectivity index (χ3v) is 4.08. The van der Waals surface area contributed by atoms with Crippen molar-refractivity contribution < 1.29 is 0 Å². The van der Waals surface area contributed by atoms with E-state index in [1.165, 1.54) is 4.70 Å². The van der Waals surface area contributed by atoms with E-state index in [1.54, 1.807) is 11.3 Å². The Morgan fingerprint density at radius 3 is 2.86 bits per heavy atom. The topological polar surface area (TPSA) is 38.1 Å². The predicted molar refractivity (Wildman–Crippen MR) is 87.7 cm³/mol. The fourth-order valence-corrected chi connectivity index (χ4v) is 2.86. The highest BCUT2D eigenvalue weighted by atomic mass is 32.1. The van der Waals surface area contributed by atoms with Crippen LogP contribution in [-0.2, 0) is 6.54 Å². The number of thiazole rings is 1. The minimum Gasteiger partial charge on any atom is -0.281 e. The number of para-hydroxylation sites is 1. The van der Waals surface area contributed by atoms with Crippen LogP contribution < -0.4 is 0 Å². The normalized spacial score (nSPS) is 11.5. The van der Waals surface area contributed by atoms with Gasteiger partial charge in [0.2, 0.25) is 0 Å². The first-order chi connectivity index (χ1) is 10.3. The summed E-state index contributed by atoms with van der Waals surface area (Å²) < 4.78 is 1.19. The Kier molecular flexibility index (Phi) is 3.76. The number of benzene rings is 1. The molecular weight excluding hydrogens is 278 g/mol. The van der Waals surface area contributed by atoms with Gasteiger partial charge in [0.25, 0.3) is 0 Å². The van der Waals surface area contributed by atoms with Gasteiger partial charge >= 0.3 is 0 Å². The number of fused-ring (bicyclic) bond motifs is 1. The summed E-state index contributed by atoms with van der Waals surface area (Å²) in [6.45, 7) is 2.50. The summed E-state index contributed by atoms with van der Waals surface area (Å²) in [5.41, 5.74) is 3.33. The molecule has 102 valence electrons. The van der Waals surface area contributed by atoms with Crippen LogP contribution in [0.3, 0.4) is 0 Å².